The second kappa shape index (κ2) is 5.05. The van der Waals surface area contributed by atoms with E-state index in [9.17, 15) is 22.0 Å². The fraction of sp³-hybridized carbons (Fsp3) is 0.250. The van der Waals surface area contributed by atoms with E-state index in [0.717, 1.165) is 12.4 Å². The first-order chi connectivity index (χ1) is 9.23. The molecule has 0 bridgehead atoms. The maximum absolute atomic E-state index is 13.1. The molecule has 0 aliphatic heterocycles. The van der Waals surface area contributed by atoms with Gasteiger partial charge in [0.15, 0.2) is 0 Å². The monoisotopic (exact) mass is 310 g/mol. The molecule has 1 aromatic carbocycles. The molecular formula is C12H8ClF5N2. The third kappa shape index (κ3) is 2.63. The van der Waals surface area contributed by atoms with E-state index < -0.39 is 23.0 Å². The van der Waals surface area contributed by atoms with Crippen LogP contribution >= 0.6 is 11.6 Å². The first-order valence-electron chi connectivity index (χ1n) is 5.42. The van der Waals surface area contributed by atoms with Crippen molar-refractivity contribution in [3.05, 3.63) is 48.3 Å². The second-order valence-electron chi connectivity index (χ2n) is 4.04. The van der Waals surface area contributed by atoms with Crippen molar-refractivity contribution < 1.29 is 22.0 Å². The van der Waals surface area contributed by atoms with Crippen molar-refractivity contribution in [1.29, 1.82) is 0 Å². The summed E-state index contributed by atoms with van der Waals surface area (Å²) in [5.74, 6) is -5.03. The van der Waals surface area contributed by atoms with Crippen LogP contribution in [0.2, 0.25) is 0 Å². The first kappa shape index (κ1) is 14.8. The van der Waals surface area contributed by atoms with Gasteiger partial charge in [-0.2, -0.15) is 27.1 Å². The second-order valence-corrected chi connectivity index (χ2v) is 4.47. The van der Waals surface area contributed by atoms with Gasteiger partial charge in [-0.25, -0.2) is 4.68 Å². The minimum Gasteiger partial charge on any atom is -0.241 e. The number of para-hydroxylation sites is 1. The maximum Gasteiger partial charge on any atom is 0.455 e. The van der Waals surface area contributed by atoms with Gasteiger partial charge in [0.1, 0.15) is 5.38 Å². The third-order valence-corrected chi connectivity index (χ3v) is 3.14. The Morgan fingerprint density at radius 1 is 1.05 bits per heavy atom. The number of halogens is 6. The highest BCUT2D eigenvalue weighted by Gasteiger charge is 2.62. The molecule has 20 heavy (non-hydrogen) atoms. The fourth-order valence-electron chi connectivity index (χ4n) is 1.54. The molecule has 0 amide bonds. The summed E-state index contributed by atoms with van der Waals surface area (Å²) in [6.45, 7) is 0. The van der Waals surface area contributed by atoms with E-state index in [1.165, 1.54) is 4.68 Å². The van der Waals surface area contributed by atoms with E-state index in [2.05, 4.69) is 5.10 Å². The van der Waals surface area contributed by atoms with Gasteiger partial charge in [0.2, 0.25) is 0 Å². The number of nitrogens with zero attached hydrogens (tertiary/aromatic N) is 2. The predicted molar refractivity (Wildman–Crippen MR) is 63.2 cm³/mol. The van der Waals surface area contributed by atoms with Gasteiger partial charge in [-0.3, -0.25) is 0 Å². The molecular weight excluding hydrogens is 303 g/mol. The van der Waals surface area contributed by atoms with Gasteiger partial charge in [-0.1, -0.05) is 18.2 Å². The molecule has 2 rings (SSSR count). The maximum atomic E-state index is 13.1. The highest BCUT2D eigenvalue weighted by molar-refractivity contribution is 6.21. The molecule has 2 aromatic rings. The molecule has 1 atom stereocenters. The van der Waals surface area contributed by atoms with Crippen LogP contribution in [0.1, 0.15) is 10.9 Å². The van der Waals surface area contributed by atoms with Crippen LogP contribution < -0.4 is 0 Å². The van der Waals surface area contributed by atoms with Crippen molar-refractivity contribution in [2.24, 2.45) is 0 Å². The average Bonchev–Trinajstić information content (AvgIpc) is 2.87. The standard InChI is InChI=1S/C12H8ClF5N2/c13-10(11(14,15)12(16,17)18)8-6-19-20(7-8)9-4-2-1-3-5-9/h1-7,10H. The van der Waals surface area contributed by atoms with Crippen molar-refractivity contribution in [2.75, 3.05) is 0 Å². The molecule has 1 heterocycles. The van der Waals surface area contributed by atoms with E-state index in [1.54, 1.807) is 30.3 Å². The number of rotatable bonds is 3. The molecule has 0 radical (unpaired) electrons. The van der Waals surface area contributed by atoms with Crippen molar-refractivity contribution in [3.8, 4) is 5.69 Å². The van der Waals surface area contributed by atoms with Gasteiger partial charge < -0.3 is 0 Å². The number of hydrogen-bond acceptors (Lipinski definition) is 1. The van der Waals surface area contributed by atoms with Gasteiger partial charge in [0.25, 0.3) is 0 Å². The molecule has 0 aliphatic carbocycles. The summed E-state index contributed by atoms with van der Waals surface area (Å²) in [7, 11) is 0. The summed E-state index contributed by atoms with van der Waals surface area (Å²) in [6, 6.07) is 8.35. The van der Waals surface area contributed by atoms with Crippen molar-refractivity contribution >= 4 is 11.6 Å². The quantitative estimate of drug-likeness (QED) is 0.609. The Kier molecular flexibility index (Phi) is 3.73. The lowest BCUT2D eigenvalue weighted by Gasteiger charge is -2.23. The van der Waals surface area contributed by atoms with Gasteiger partial charge in [-0.05, 0) is 12.1 Å². The van der Waals surface area contributed by atoms with Gasteiger partial charge in [0.05, 0.1) is 11.9 Å². The van der Waals surface area contributed by atoms with E-state index in [4.69, 9.17) is 11.6 Å². The van der Waals surface area contributed by atoms with E-state index in [1.807, 2.05) is 0 Å². The number of benzene rings is 1. The lowest BCUT2D eigenvalue weighted by molar-refractivity contribution is -0.283. The molecule has 1 aromatic heterocycles. The van der Waals surface area contributed by atoms with E-state index in [0.29, 0.717) is 5.69 Å². The summed E-state index contributed by atoms with van der Waals surface area (Å²) in [6.07, 6.45) is -3.77. The van der Waals surface area contributed by atoms with E-state index >= 15 is 0 Å². The zero-order valence-corrected chi connectivity index (χ0v) is 10.5. The zero-order chi connectivity index (χ0) is 15.0. The fourth-order valence-corrected chi connectivity index (χ4v) is 1.78. The van der Waals surface area contributed by atoms with Crippen LogP contribution in [0.25, 0.3) is 5.69 Å². The Morgan fingerprint density at radius 3 is 2.20 bits per heavy atom. The third-order valence-electron chi connectivity index (χ3n) is 2.61. The highest BCUT2D eigenvalue weighted by Crippen LogP contribution is 2.47. The Bertz CT molecular complexity index is 579. The van der Waals surface area contributed by atoms with Crippen molar-refractivity contribution in [3.63, 3.8) is 0 Å². The minimum atomic E-state index is -5.71. The van der Waals surface area contributed by atoms with E-state index in [-0.39, 0.29) is 0 Å². The molecule has 0 aliphatic rings. The Morgan fingerprint density at radius 2 is 1.65 bits per heavy atom. The normalized spacial score (nSPS) is 14.3. The van der Waals surface area contributed by atoms with Crippen molar-refractivity contribution in [1.82, 2.24) is 9.78 Å². The molecule has 108 valence electrons. The smallest absolute Gasteiger partial charge is 0.241 e. The molecule has 8 heteroatoms. The van der Waals surface area contributed by atoms with Crippen LogP contribution in [0.15, 0.2) is 42.7 Å². The Hall–Kier alpha value is -1.63. The van der Waals surface area contributed by atoms with Crippen LogP contribution in [0.5, 0.6) is 0 Å². The number of aromatic nitrogens is 2. The Balaban J connectivity index is 2.30. The van der Waals surface area contributed by atoms with Crippen molar-refractivity contribution in [2.45, 2.75) is 17.5 Å². The summed E-state index contributed by atoms with van der Waals surface area (Å²) in [4.78, 5) is 0. The summed E-state index contributed by atoms with van der Waals surface area (Å²) in [5.41, 5.74) is 0.121. The summed E-state index contributed by atoms with van der Waals surface area (Å²) in [5, 5.41) is 1.21. The molecule has 0 N–H and O–H groups in total. The first-order valence-corrected chi connectivity index (χ1v) is 5.85. The predicted octanol–water partition coefficient (Wildman–Crippen LogP) is 4.35. The van der Waals surface area contributed by atoms with Gasteiger partial charge in [0, 0.05) is 11.8 Å². The van der Waals surface area contributed by atoms with Crippen LogP contribution in [0.4, 0.5) is 22.0 Å². The molecule has 0 fully saturated rings. The van der Waals surface area contributed by atoms with Crippen LogP contribution in [-0.2, 0) is 0 Å². The van der Waals surface area contributed by atoms with Gasteiger partial charge >= 0.3 is 12.1 Å². The average molecular weight is 311 g/mol. The molecule has 0 saturated heterocycles. The number of alkyl halides is 6. The topological polar surface area (TPSA) is 17.8 Å². The van der Waals surface area contributed by atoms with Crippen LogP contribution in [-0.4, -0.2) is 21.9 Å². The Labute approximate surface area is 115 Å². The summed E-state index contributed by atoms with van der Waals surface area (Å²) < 4.78 is 64.1. The number of hydrogen-bond donors (Lipinski definition) is 0. The van der Waals surface area contributed by atoms with Crippen LogP contribution in [0, 0.1) is 0 Å². The molecule has 2 nitrogen and oxygen atoms in total. The molecule has 0 saturated carbocycles. The zero-order valence-electron chi connectivity index (χ0n) is 9.78. The lowest BCUT2D eigenvalue weighted by atomic mass is 10.1. The molecule has 1 unspecified atom stereocenters. The highest BCUT2D eigenvalue weighted by atomic mass is 35.5. The molecule has 0 spiro atoms. The minimum absolute atomic E-state index is 0.405. The summed E-state index contributed by atoms with van der Waals surface area (Å²) >= 11 is 5.26. The van der Waals surface area contributed by atoms with Crippen LogP contribution in [0.3, 0.4) is 0 Å². The lowest BCUT2D eigenvalue weighted by Crippen LogP contribution is -2.40. The van der Waals surface area contributed by atoms with Gasteiger partial charge in [-0.15, -0.1) is 11.6 Å². The SMILES string of the molecule is FC(F)(F)C(F)(F)C(Cl)c1cnn(-c2ccccc2)c1. The largest absolute Gasteiger partial charge is 0.455 e.